The summed E-state index contributed by atoms with van der Waals surface area (Å²) in [5, 5.41) is 6.10. The molecular formula is C18H30N2O. The Morgan fingerprint density at radius 3 is 2.52 bits per heavy atom. The number of benzene rings is 1. The number of anilines is 1. The summed E-state index contributed by atoms with van der Waals surface area (Å²) in [5.41, 5.74) is 2.77. The molecule has 0 saturated heterocycles. The molecule has 0 aromatic heterocycles. The second kappa shape index (κ2) is 9.43. The van der Waals surface area contributed by atoms with E-state index in [9.17, 15) is 4.79 Å². The number of hydrogen-bond acceptors (Lipinski definition) is 2. The monoisotopic (exact) mass is 290 g/mol. The van der Waals surface area contributed by atoms with E-state index in [1.54, 1.807) is 0 Å². The van der Waals surface area contributed by atoms with Gasteiger partial charge >= 0.3 is 0 Å². The maximum Gasteiger partial charge on any atom is 0.253 e. The highest BCUT2D eigenvalue weighted by Crippen LogP contribution is 2.17. The highest BCUT2D eigenvalue weighted by atomic mass is 16.1. The van der Waals surface area contributed by atoms with Crippen molar-refractivity contribution in [2.45, 2.75) is 52.9 Å². The van der Waals surface area contributed by atoms with E-state index in [0.717, 1.165) is 35.7 Å². The number of amides is 1. The van der Waals surface area contributed by atoms with Crippen LogP contribution in [0.2, 0.25) is 0 Å². The lowest BCUT2D eigenvalue weighted by Gasteiger charge is -2.11. The molecule has 0 aliphatic carbocycles. The first-order valence-corrected chi connectivity index (χ1v) is 8.11. The molecule has 3 heteroatoms. The van der Waals surface area contributed by atoms with Crippen molar-refractivity contribution in [3.05, 3.63) is 29.3 Å². The molecule has 0 heterocycles. The van der Waals surface area contributed by atoms with Crippen LogP contribution in [0.5, 0.6) is 0 Å². The zero-order valence-electron chi connectivity index (χ0n) is 14.0. The van der Waals surface area contributed by atoms with Crippen molar-refractivity contribution < 1.29 is 4.79 Å². The van der Waals surface area contributed by atoms with Crippen molar-refractivity contribution in [3.8, 4) is 0 Å². The molecule has 0 atom stereocenters. The van der Waals surface area contributed by atoms with Crippen molar-refractivity contribution in [2.24, 2.45) is 5.92 Å². The van der Waals surface area contributed by atoms with Crippen molar-refractivity contribution in [1.82, 2.24) is 5.32 Å². The van der Waals surface area contributed by atoms with Gasteiger partial charge in [-0.1, -0.05) is 45.6 Å². The smallest absolute Gasteiger partial charge is 0.253 e. The van der Waals surface area contributed by atoms with Crippen LogP contribution in [0, 0.1) is 12.8 Å². The third-order valence-electron chi connectivity index (χ3n) is 3.68. The molecule has 1 amide bonds. The second-order valence-electron chi connectivity index (χ2n) is 6.15. The van der Waals surface area contributed by atoms with E-state index in [4.69, 9.17) is 0 Å². The van der Waals surface area contributed by atoms with E-state index in [1.165, 1.54) is 25.7 Å². The lowest BCUT2D eigenvalue weighted by atomic mass is 10.0. The van der Waals surface area contributed by atoms with Crippen molar-refractivity contribution in [3.63, 3.8) is 0 Å². The van der Waals surface area contributed by atoms with E-state index in [0.29, 0.717) is 0 Å². The average Bonchev–Trinajstić information content (AvgIpc) is 2.45. The predicted molar refractivity (Wildman–Crippen MR) is 91.0 cm³/mol. The van der Waals surface area contributed by atoms with Crippen molar-refractivity contribution >= 4 is 11.6 Å². The molecular weight excluding hydrogens is 260 g/mol. The van der Waals surface area contributed by atoms with Crippen molar-refractivity contribution in [2.75, 3.05) is 18.9 Å². The van der Waals surface area contributed by atoms with Gasteiger partial charge in [-0.25, -0.2) is 0 Å². The Balaban J connectivity index is 2.28. The van der Waals surface area contributed by atoms with Crippen LogP contribution < -0.4 is 10.6 Å². The van der Waals surface area contributed by atoms with E-state index in [2.05, 4.69) is 24.5 Å². The zero-order valence-corrected chi connectivity index (χ0v) is 14.0. The molecule has 21 heavy (non-hydrogen) atoms. The Bertz CT molecular complexity index is 441. The van der Waals surface area contributed by atoms with Crippen LogP contribution in [0.1, 0.15) is 61.9 Å². The van der Waals surface area contributed by atoms with Gasteiger partial charge < -0.3 is 10.6 Å². The number of rotatable bonds is 9. The highest BCUT2D eigenvalue weighted by Gasteiger charge is 2.09. The number of unbranched alkanes of at least 4 members (excludes halogenated alkanes) is 3. The Labute approximate surface area is 129 Å². The summed E-state index contributed by atoms with van der Waals surface area (Å²) in [6.07, 6.45) is 6.12. The number of aryl methyl sites for hydroxylation is 1. The van der Waals surface area contributed by atoms with Crippen LogP contribution in [0.3, 0.4) is 0 Å². The van der Waals surface area contributed by atoms with Crippen LogP contribution in [-0.4, -0.2) is 19.5 Å². The first-order chi connectivity index (χ1) is 10.0. The summed E-state index contributed by atoms with van der Waals surface area (Å²) in [6, 6.07) is 5.86. The van der Waals surface area contributed by atoms with E-state index < -0.39 is 0 Å². The van der Waals surface area contributed by atoms with Crippen LogP contribution in [0.25, 0.3) is 0 Å². The van der Waals surface area contributed by atoms with Gasteiger partial charge in [0.1, 0.15) is 0 Å². The topological polar surface area (TPSA) is 41.1 Å². The maximum atomic E-state index is 12.2. The summed E-state index contributed by atoms with van der Waals surface area (Å²) >= 11 is 0. The van der Waals surface area contributed by atoms with Gasteiger partial charge in [-0.3, -0.25) is 4.79 Å². The molecule has 3 nitrogen and oxygen atoms in total. The van der Waals surface area contributed by atoms with Gasteiger partial charge in [-0.05, 0) is 37.0 Å². The largest absolute Gasteiger partial charge is 0.387 e. The molecule has 0 saturated carbocycles. The third-order valence-corrected chi connectivity index (χ3v) is 3.68. The minimum Gasteiger partial charge on any atom is -0.387 e. The summed E-state index contributed by atoms with van der Waals surface area (Å²) < 4.78 is 0. The second-order valence-corrected chi connectivity index (χ2v) is 6.15. The Morgan fingerprint density at radius 1 is 1.14 bits per heavy atom. The molecule has 1 aromatic carbocycles. The summed E-state index contributed by atoms with van der Waals surface area (Å²) in [4.78, 5) is 12.2. The summed E-state index contributed by atoms with van der Waals surface area (Å²) in [7, 11) is 1.85. The lowest BCUT2D eigenvalue weighted by molar-refractivity contribution is 0.0953. The van der Waals surface area contributed by atoms with Crippen LogP contribution in [-0.2, 0) is 0 Å². The molecule has 0 aliphatic heterocycles. The Morgan fingerprint density at radius 2 is 1.86 bits per heavy atom. The van der Waals surface area contributed by atoms with Gasteiger partial charge in [-0.2, -0.15) is 0 Å². The molecule has 0 bridgehead atoms. The fraction of sp³-hybridized carbons (Fsp3) is 0.611. The Kier molecular flexibility index (Phi) is 7.88. The van der Waals surface area contributed by atoms with Gasteiger partial charge in [0.2, 0.25) is 0 Å². The average molecular weight is 290 g/mol. The van der Waals surface area contributed by atoms with Gasteiger partial charge in [0, 0.05) is 19.3 Å². The molecule has 0 aliphatic rings. The highest BCUT2D eigenvalue weighted by molar-refractivity contribution is 5.99. The van der Waals surface area contributed by atoms with E-state index in [-0.39, 0.29) is 5.91 Å². The number of carbonyl (C=O) groups is 1. The zero-order chi connectivity index (χ0) is 15.7. The fourth-order valence-corrected chi connectivity index (χ4v) is 2.39. The van der Waals surface area contributed by atoms with E-state index >= 15 is 0 Å². The maximum absolute atomic E-state index is 12.2. The molecule has 2 N–H and O–H groups in total. The summed E-state index contributed by atoms with van der Waals surface area (Å²) in [6.45, 7) is 7.32. The first-order valence-electron chi connectivity index (χ1n) is 8.11. The first kappa shape index (κ1) is 17.5. The molecule has 1 aromatic rings. The van der Waals surface area contributed by atoms with Crippen molar-refractivity contribution in [1.29, 1.82) is 0 Å². The van der Waals surface area contributed by atoms with Crippen LogP contribution in [0.15, 0.2) is 18.2 Å². The molecule has 118 valence electrons. The molecule has 1 rings (SSSR count). The lowest BCUT2D eigenvalue weighted by Crippen LogP contribution is -2.25. The fourth-order valence-electron chi connectivity index (χ4n) is 2.39. The minimum atomic E-state index is 0.0153. The number of nitrogens with one attached hydrogen (secondary N) is 2. The Hall–Kier alpha value is -1.51. The molecule has 0 unspecified atom stereocenters. The van der Waals surface area contributed by atoms with Gasteiger partial charge in [0.05, 0.1) is 5.56 Å². The normalized spacial score (nSPS) is 10.7. The minimum absolute atomic E-state index is 0.0153. The predicted octanol–water partition coefficient (Wildman–Crippen LogP) is 4.37. The molecule has 0 fully saturated rings. The third kappa shape index (κ3) is 6.65. The number of carbonyl (C=O) groups excluding carboxylic acids is 1. The summed E-state index contributed by atoms with van der Waals surface area (Å²) in [5.74, 6) is 0.813. The quantitative estimate of drug-likeness (QED) is 0.663. The molecule has 0 radical (unpaired) electrons. The van der Waals surface area contributed by atoms with Crippen LogP contribution in [0.4, 0.5) is 5.69 Å². The van der Waals surface area contributed by atoms with E-state index in [1.807, 2.05) is 32.2 Å². The van der Waals surface area contributed by atoms with Gasteiger partial charge in [0.15, 0.2) is 0 Å². The number of hydrogen-bond donors (Lipinski definition) is 2. The van der Waals surface area contributed by atoms with Gasteiger partial charge in [-0.15, -0.1) is 0 Å². The standard InChI is InChI=1S/C18H30N2O/c1-14(2)9-7-5-6-8-12-20-18(21)16-11-10-15(3)13-17(16)19-4/h10-11,13-14,19H,5-9,12H2,1-4H3,(H,20,21). The SMILES string of the molecule is CNc1cc(C)ccc1C(=O)NCCCCCCC(C)C. The van der Waals surface area contributed by atoms with Crippen LogP contribution >= 0.6 is 0 Å². The molecule has 0 spiro atoms. The van der Waals surface area contributed by atoms with Gasteiger partial charge in [0.25, 0.3) is 5.91 Å².